The summed E-state index contributed by atoms with van der Waals surface area (Å²) in [5.41, 5.74) is 7.30. The lowest BCUT2D eigenvalue weighted by molar-refractivity contribution is -0.120. The summed E-state index contributed by atoms with van der Waals surface area (Å²) >= 11 is 0. The maximum atomic E-state index is 13.3. The fraction of sp³-hybridized carbons (Fsp3) is 0.375. The SMILES string of the molecule is NC(=O)Cc1ccc(NC(=O)C2CC3CCCCC3N2C(=O)c2ccccc2)cc1. The van der Waals surface area contributed by atoms with Crippen LogP contribution in [-0.2, 0) is 16.0 Å². The van der Waals surface area contributed by atoms with Crippen molar-refractivity contribution in [3.63, 3.8) is 0 Å². The van der Waals surface area contributed by atoms with Crippen LogP contribution in [0.25, 0.3) is 0 Å². The Morgan fingerprint density at radius 1 is 0.967 bits per heavy atom. The van der Waals surface area contributed by atoms with Gasteiger partial charge >= 0.3 is 0 Å². The molecule has 4 rings (SSSR count). The summed E-state index contributed by atoms with van der Waals surface area (Å²) in [5.74, 6) is -0.242. The number of nitrogens with zero attached hydrogens (tertiary/aromatic N) is 1. The maximum Gasteiger partial charge on any atom is 0.254 e. The van der Waals surface area contributed by atoms with E-state index in [0.29, 0.717) is 23.6 Å². The average Bonchev–Trinajstić information content (AvgIpc) is 3.14. The highest BCUT2D eigenvalue weighted by Crippen LogP contribution is 2.40. The molecule has 3 unspecified atom stereocenters. The minimum Gasteiger partial charge on any atom is -0.369 e. The van der Waals surface area contributed by atoms with Crippen LogP contribution in [0.4, 0.5) is 5.69 Å². The zero-order chi connectivity index (χ0) is 21.1. The first-order chi connectivity index (χ1) is 14.5. The Bertz CT molecular complexity index is 926. The van der Waals surface area contributed by atoms with E-state index in [1.165, 1.54) is 0 Å². The van der Waals surface area contributed by atoms with E-state index >= 15 is 0 Å². The van der Waals surface area contributed by atoms with Crippen LogP contribution >= 0.6 is 0 Å². The molecule has 2 aromatic rings. The summed E-state index contributed by atoms with van der Waals surface area (Å²) in [4.78, 5) is 39.4. The van der Waals surface area contributed by atoms with Gasteiger partial charge in [-0.1, -0.05) is 43.2 Å². The number of carbonyl (C=O) groups is 3. The highest BCUT2D eigenvalue weighted by molar-refractivity contribution is 6.01. The van der Waals surface area contributed by atoms with Crippen molar-refractivity contribution in [2.45, 2.75) is 50.6 Å². The lowest BCUT2D eigenvalue weighted by Crippen LogP contribution is -2.47. The molecule has 1 aliphatic carbocycles. The van der Waals surface area contributed by atoms with E-state index in [4.69, 9.17) is 5.73 Å². The Hall–Kier alpha value is -3.15. The van der Waals surface area contributed by atoms with Crippen molar-refractivity contribution in [2.24, 2.45) is 11.7 Å². The van der Waals surface area contributed by atoms with Crippen molar-refractivity contribution in [1.29, 1.82) is 0 Å². The van der Waals surface area contributed by atoms with Crippen LogP contribution in [0.1, 0.15) is 48.0 Å². The molecule has 2 aromatic carbocycles. The molecule has 0 spiro atoms. The van der Waals surface area contributed by atoms with Gasteiger partial charge in [0.05, 0.1) is 6.42 Å². The molecule has 30 heavy (non-hydrogen) atoms. The number of carbonyl (C=O) groups excluding carboxylic acids is 3. The molecule has 0 aromatic heterocycles. The number of hydrogen-bond donors (Lipinski definition) is 2. The number of likely N-dealkylation sites (tertiary alicyclic amines) is 1. The highest BCUT2D eigenvalue weighted by atomic mass is 16.2. The number of fused-ring (bicyclic) bond motifs is 1. The van der Waals surface area contributed by atoms with Crippen LogP contribution in [0.15, 0.2) is 54.6 Å². The molecule has 3 atom stereocenters. The molecule has 1 saturated heterocycles. The summed E-state index contributed by atoms with van der Waals surface area (Å²) < 4.78 is 0. The van der Waals surface area contributed by atoms with Crippen LogP contribution in [0.2, 0.25) is 0 Å². The number of primary amides is 1. The third-order valence-electron chi connectivity index (χ3n) is 6.25. The summed E-state index contributed by atoms with van der Waals surface area (Å²) in [6.07, 6.45) is 5.14. The van der Waals surface area contributed by atoms with Gasteiger partial charge in [-0.05, 0) is 55.0 Å². The first-order valence-corrected chi connectivity index (χ1v) is 10.6. The summed E-state index contributed by atoms with van der Waals surface area (Å²) in [5, 5.41) is 2.96. The number of benzene rings is 2. The third kappa shape index (κ3) is 4.22. The second-order valence-corrected chi connectivity index (χ2v) is 8.27. The van der Waals surface area contributed by atoms with E-state index in [9.17, 15) is 14.4 Å². The number of anilines is 1. The molecule has 3 N–H and O–H groups in total. The van der Waals surface area contributed by atoms with Crippen molar-refractivity contribution in [3.8, 4) is 0 Å². The van der Waals surface area contributed by atoms with Crippen LogP contribution in [0, 0.1) is 5.92 Å². The quantitative estimate of drug-likeness (QED) is 0.800. The van der Waals surface area contributed by atoms with E-state index in [1.807, 2.05) is 35.2 Å². The smallest absolute Gasteiger partial charge is 0.254 e. The predicted octanol–water partition coefficient (Wildman–Crippen LogP) is 3.13. The van der Waals surface area contributed by atoms with Gasteiger partial charge in [-0.2, -0.15) is 0 Å². The molecular formula is C24H27N3O3. The van der Waals surface area contributed by atoms with E-state index in [-0.39, 0.29) is 24.3 Å². The van der Waals surface area contributed by atoms with Crippen molar-refractivity contribution in [3.05, 3.63) is 65.7 Å². The lowest BCUT2D eigenvalue weighted by Gasteiger charge is -2.33. The molecule has 6 nitrogen and oxygen atoms in total. The van der Waals surface area contributed by atoms with Gasteiger partial charge in [-0.3, -0.25) is 14.4 Å². The third-order valence-corrected chi connectivity index (χ3v) is 6.25. The van der Waals surface area contributed by atoms with Gasteiger partial charge in [-0.15, -0.1) is 0 Å². The molecule has 0 bridgehead atoms. The van der Waals surface area contributed by atoms with E-state index in [1.54, 1.807) is 24.3 Å². The number of nitrogens with two attached hydrogens (primary N) is 1. The molecule has 1 saturated carbocycles. The molecule has 2 fully saturated rings. The minimum absolute atomic E-state index is 0.0676. The molecule has 156 valence electrons. The monoisotopic (exact) mass is 405 g/mol. The van der Waals surface area contributed by atoms with E-state index < -0.39 is 11.9 Å². The van der Waals surface area contributed by atoms with Crippen LogP contribution < -0.4 is 11.1 Å². The second-order valence-electron chi connectivity index (χ2n) is 8.27. The zero-order valence-corrected chi connectivity index (χ0v) is 16.9. The molecule has 1 heterocycles. The van der Waals surface area contributed by atoms with Crippen LogP contribution in [0.5, 0.6) is 0 Å². The average molecular weight is 405 g/mol. The number of nitrogens with one attached hydrogen (secondary N) is 1. The van der Waals surface area contributed by atoms with Gasteiger partial charge in [0.15, 0.2) is 0 Å². The summed E-state index contributed by atoms with van der Waals surface area (Å²) in [7, 11) is 0. The largest absolute Gasteiger partial charge is 0.369 e. The van der Waals surface area contributed by atoms with Crippen LogP contribution in [-0.4, -0.2) is 34.7 Å². The molecule has 6 heteroatoms. The van der Waals surface area contributed by atoms with E-state index in [2.05, 4.69) is 5.32 Å². The maximum absolute atomic E-state index is 13.3. The predicted molar refractivity (Wildman–Crippen MR) is 115 cm³/mol. The number of amides is 3. The topological polar surface area (TPSA) is 92.5 Å². The van der Waals surface area contributed by atoms with Gasteiger partial charge < -0.3 is 16.0 Å². The normalized spacial score (nSPS) is 22.9. The first kappa shape index (κ1) is 20.1. The zero-order valence-electron chi connectivity index (χ0n) is 16.9. The first-order valence-electron chi connectivity index (χ1n) is 10.6. The number of rotatable bonds is 5. The Labute approximate surface area is 176 Å². The second kappa shape index (κ2) is 8.69. The fourth-order valence-corrected chi connectivity index (χ4v) is 4.85. The molecular weight excluding hydrogens is 378 g/mol. The van der Waals surface area contributed by atoms with Crippen LogP contribution in [0.3, 0.4) is 0 Å². The van der Waals surface area contributed by atoms with Gasteiger partial charge in [0.25, 0.3) is 5.91 Å². The molecule has 2 aliphatic rings. The van der Waals surface area contributed by atoms with Gasteiger partial charge in [0.2, 0.25) is 11.8 Å². The number of hydrogen-bond acceptors (Lipinski definition) is 3. The van der Waals surface area contributed by atoms with Crippen molar-refractivity contribution in [2.75, 3.05) is 5.32 Å². The Balaban J connectivity index is 1.53. The van der Waals surface area contributed by atoms with Crippen molar-refractivity contribution >= 4 is 23.4 Å². The fourth-order valence-electron chi connectivity index (χ4n) is 4.85. The standard InChI is InChI=1S/C24H27N3O3/c25-22(28)14-16-10-12-19(13-11-16)26-23(29)21-15-18-8-4-5-9-20(18)27(21)24(30)17-6-2-1-3-7-17/h1-3,6-7,10-13,18,20-21H,4-5,8-9,14-15H2,(H2,25,28)(H,26,29). The molecule has 1 aliphatic heterocycles. The Kier molecular flexibility index (Phi) is 5.84. The Morgan fingerprint density at radius 3 is 2.37 bits per heavy atom. The lowest BCUT2D eigenvalue weighted by atomic mass is 9.84. The Morgan fingerprint density at radius 2 is 1.67 bits per heavy atom. The van der Waals surface area contributed by atoms with Gasteiger partial charge in [0.1, 0.15) is 6.04 Å². The van der Waals surface area contributed by atoms with E-state index in [0.717, 1.165) is 31.2 Å². The van der Waals surface area contributed by atoms with Gasteiger partial charge in [0, 0.05) is 17.3 Å². The minimum atomic E-state index is -0.476. The highest BCUT2D eigenvalue weighted by Gasteiger charge is 2.47. The molecule has 3 amide bonds. The summed E-state index contributed by atoms with van der Waals surface area (Å²) in [6, 6.07) is 15.9. The van der Waals surface area contributed by atoms with Crippen molar-refractivity contribution in [1.82, 2.24) is 4.90 Å². The summed E-state index contributed by atoms with van der Waals surface area (Å²) in [6.45, 7) is 0. The van der Waals surface area contributed by atoms with Gasteiger partial charge in [-0.25, -0.2) is 0 Å². The van der Waals surface area contributed by atoms with Crippen molar-refractivity contribution < 1.29 is 14.4 Å². The molecule has 0 radical (unpaired) electrons.